The number of amides is 1. The van der Waals surface area contributed by atoms with Gasteiger partial charge in [0.2, 0.25) is 5.91 Å². The number of benzene rings is 3. The van der Waals surface area contributed by atoms with Crippen LogP contribution in [0.4, 0.5) is 0 Å². The van der Waals surface area contributed by atoms with Gasteiger partial charge in [-0.2, -0.15) is 5.26 Å². The standard InChI is InChI=1S/C38H45N3O5Si/c1-38(2,3)47(5,6)46-25-34(28-17-11-8-12-18-28)41-33(31-23-40(26-44-4)32-20-14-13-19-30(31)32)21-29(22-39)35(36(41)42)37(43)45-24-27-15-9-7-10-16-27/h7-20,23,29,33-35H,21,24-26H2,1-6H3/t29-,33-,34-,35-/m0/s1. The smallest absolute Gasteiger partial charge is 0.320 e. The number of hydrogen-bond donors (Lipinski definition) is 0. The van der Waals surface area contributed by atoms with Crippen LogP contribution < -0.4 is 0 Å². The average Bonchev–Trinajstić information content (AvgIpc) is 3.42. The Labute approximate surface area is 279 Å². The number of methoxy groups -OCH3 is 1. The van der Waals surface area contributed by atoms with Gasteiger partial charge >= 0.3 is 5.97 Å². The van der Waals surface area contributed by atoms with E-state index in [-0.39, 0.29) is 24.7 Å². The Balaban J connectivity index is 1.62. The van der Waals surface area contributed by atoms with E-state index >= 15 is 0 Å². The van der Waals surface area contributed by atoms with Gasteiger partial charge in [-0.1, -0.05) is 99.6 Å². The minimum atomic E-state index is -2.25. The first-order valence-electron chi connectivity index (χ1n) is 16.1. The summed E-state index contributed by atoms with van der Waals surface area (Å²) >= 11 is 0. The molecule has 0 N–H and O–H groups in total. The lowest BCUT2D eigenvalue weighted by Gasteiger charge is -2.46. The second kappa shape index (κ2) is 14.3. The second-order valence-electron chi connectivity index (χ2n) is 13.8. The summed E-state index contributed by atoms with van der Waals surface area (Å²) in [6.45, 7) is 11.5. The quantitative estimate of drug-likeness (QED) is 0.0934. The van der Waals surface area contributed by atoms with E-state index < -0.39 is 44.1 Å². The van der Waals surface area contributed by atoms with E-state index in [9.17, 15) is 14.9 Å². The molecule has 4 atom stereocenters. The van der Waals surface area contributed by atoms with Crippen molar-refractivity contribution in [2.45, 2.75) is 70.7 Å². The molecule has 1 amide bonds. The highest BCUT2D eigenvalue weighted by molar-refractivity contribution is 6.74. The van der Waals surface area contributed by atoms with E-state index in [0.717, 1.165) is 27.6 Å². The lowest BCUT2D eigenvalue weighted by Crippen LogP contribution is -2.53. The summed E-state index contributed by atoms with van der Waals surface area (Å²) in [4.78, 5) is 30.5. The minimum Gasteiger partial charge on any atom is -0.460 e. The van der Waals surface area contributed by atoms with Gasteiger partial charge in [-0.25, -0.2) is 0 Å². The van der Waals surface area contributed by atoms with Crippen LogP contribution in [0.3, 0.4) is 0 Å². The molecule has 2 heterocycles. The average molecular weight is 652 g/mol. The molecule has 1 fully saturated rings. The molecule has 246 valence electrons. The van der Waals surface area contributed by atoms with Crippen molar-refractivity contribution in [1.82, 2.24) is 9.47 Å². The molecule has 0 saturated carbocycles. The first-order valence-corrected chi connectivity index (χ1v) is 19.1. The number of nitriles is 1. The fourth-order valence-corrected chi connectivity index (χ4v) is 7.15. The summed E-state index contributed by atoms with van der Waals surface area (Å²) < 4.78 is 20.1. The van der Waals surface area contributed by atoms with Crippen molar-refractivity contribution in [1.29, 1.82) is 5.26 Å². The monoisotopic (exact) mass is 651 g/mol. The highest BCUT2D eigenvalue weighted by Gasteiger charge is 2.51. The van der Waals surface area contributed by atoms with Crippen LogP contribution in [0.15, 0.2) is 91.1 Å². The zero-order chi connectivity index (χ0) is 33.8. The molecule has 1 aliphatic heterocycles. The lowest BCUT2D eigenvalue weighted by molar-refractivity contribution is -0.166. The molecule has 0 bridgehead atoms. The van der Waals surface area contributed by atoms with Crippen LogP contribution in [0.1, 0.15) is 56.0 Å². The number of hydrogen-bond acceptors (Lipinski definition) is 6. The molecule has 0 radical (unpaired) electrons. The third kappa shape index (κ3) is 7.20. The fraction of sp³-hybridized carbons (Fsp3) is 0.395. The molecule has 47 heavy (non-hydrogen) atoms. The SMILES string of the molecule is COCn1cc([C@@H]2C[C@@H](C#N)[C@H](C(=O)OCc3ccccc3)C(=O)N2[C@@H](CO[Si](C)(C)C(C)(C)C)c2ccccc2)c2ccccc21. The Bertz CT molecular complexity index is 1730. The molecule has 5 rings (SSSR count). The Morgan fingerprint density at radius 3 is 2.28 bits per heavy atom. The highest BCUT2D eigenvalue weighted by Crippen LogP contribution is 2.46. The number of aromatic nitrogens is 1. The van der Waals surface area contributed by atoms with Gasteiger partial charge in [0.25, 0.3) is 0 Å². The van der Waals surface area contributed by atoms with E-state index in [2.05, 4.69) is 39.9 Å². The number of para-hydroxylation sites is 1. The number of esters is 1. The second-order valence-corrected chi connectivity index (χ2v) is 18.6. The molecule has 1 aromatic heterocycles. The molecular formula is C38H45N3O5Si. The lowest BCUT2D eigenvalue weighted by atomic mass is 9.78. The third-order valence-corrected chi connectivity index (χ3v) is 14.3. The van der Waals surface area contributed by atoms with Crippen molar-refractivity contribution >= 4 is 31.1 Å². The topological polar surface area (TPSA) is 93.8 Å². The summed E-state index contributed by atoms with van der Waals surface area (Å²) in [5, 5.41) is 11.4. The van der Waals surface area contributed by atoms with Crippen LogP contribution in [0, 0.1) is 23.2 Å². The number of likely N-dealkylation sites (tertiary alicyclic amines) is 1. The summed E-state index contributed by atoms with van der Waals surface area (Å²) in [6, 6.07) is 28.5. The first kappa shape index (κ1) is 34.1. The maximum absolute atomic E-state index is 14.9. The van der Waals surface area contributed by atoms with Gasteiger partial charge in [-0.05, 0) is 41.7 Å². The Kier molecular flexibility index (Phi) is 10.4. The molecule has 1 aliphatic rings. The van der Waals surface area contributed by atoms with E-state index in [1.807, 2.05) is 101 Å². The van der Waals surface area contributed by atoms with Gasteiger partial charge in [0.1, 0.15) is 13.3 Å². The number of nitrogens with zero attached hydrogens (tertiary/aromatic N) is 3. The van der Waals surface area contributed by atoms with E-state index in [4.69, 9.17) is 13.9 Å². The number of ether oxygens (including phenoxy) is 2. The van der Waals surface area contributed by atoms with Crippen molar-refractivity contribution in [3.05, 3.63) is 108 Å². The van der Waals surface area contributed by atoms with Crippen molar-refractivity contribution in [3.8, 4) is 6.07 Å². The van der Waals surface area contributed by atoms with Gasteiger partial charge in [0.15, 0.2) is 14.2 Å². The maximum Gasteiger partial charge on any atom is 0.320 e. The molecule has 0 unspecified atom stereocenters. The van der Waals surface area contributed by atoms with Gasteiger partial charge in [0.05, 0.1) is 36.2 Å². The summed E-state index contributed by atoms with van der Waals surface area (Å²) in [5.41, 5.74) is 3.57. The van der Waals surface area contributed by atoms with E-state index in [1.165, 1.54) is 0 Å². The van der Waals surface area contributed by atoms with Gasteiger partial charge in [-0.3, -0.25) is 9.59 Å². The van der Waals surface area contributed by atoms with E-state index in [0.29, 0.717) is 6.73 Å². The molecule has 3 aromatic carbocycles. The number of fused-ring (bicyclic) bond motifs is 1. The number of carbonyl (C=O) groups is 2. The zero-order valence-electron chi connectivity index (χ0n) is 28.2. The fourth-order valence-electron chi connectivity index (χ4n) is 6.14. The van der Waals surface area contributed by atoms with Crippen molar-refractivity contribution in [2.75, 3.05) is 13.7 Å². The highest BCUT2D eigenvalue weighted by atomic mass is 28.4. The Hall–Kier alpha value is -4.23. The summed E-state index contributed by atoms with van der Waals surface area (Å²) in [6.07, 6.45) is 2.27. The molecule has 4 aromatic rings. The van der Waals surface area contributed by atoms with Crippen LogP contribution >= 0.6 is 0 Å². The van der Waals surface area contributed by atoms with Crippen LogP contribution in [-0.4, -0.2) is 43.4 Å². The largest absolute Gasteiger partial charge is 0.460 e. The molecule has 9 heteroatoms. The molecule has 1 saturated heterocycles. The predicted octanol–water partition coefficient (Wildman–Crippen LogP) is 7.78. The molecular weight excluding hydrogens is 607 g/mol. The maximum atomic E-state index is 14.9. The van der Waals surface area contributed by atoms with Gasteiger partial charge in [0, 0.05) is 24.3 Å². The van der Waals surface area contributed by atoms with Crippen LogP contribution in [-0.2, 0) is 36.8 Å². The Morgan fingerprint density at radius 2 is 1.64 bits per heavy atom. The normalized spacial score (nSPS) is 19.4. The summed E-state index contributed by atoms with van der Waals surface area (Å²) in [5.74, 6) is -3.27. The number of carbonyl (C=O) groups excluding carboxylic acids is 2. The van der Waals surface area contributed by atoms with Crippen LogP contribution in [0.2, 0.25) is 18.1 Å². The third-order valence-electron chi connectivity index (χ3n) is 9.75. The summed E-state index contributed by atoms with van der Waals surface area (Å²) in [7, 11) is -0.605. The Morgan fingerprint density at radius 1 is 1.00 bits per heavy atom. The number of piperidine rings is 1. The molecule has 0 spiro atoms. The van der Waals surface area contributed by atoms with Crippen molar-refractivity contribution < 1.29 is 23.5 Å². The predicted molar refractivity (Wildman–Crippen MR) is 184 cm³/mol. The molecule has 0 aliphatic carbocycles. The van der Waals surface area contributed by atoms with Crippen LogP contribution in [0.5, 0.6) is 0 Å². The van der Waals surface area contributed by atoms with Crippen LogP contribution in [0.25, 0.3) is 10.9 Å². The minimum absolute atomic E-state index is 0.0200. The van der Waals surface area contributed by atoms with Gasteiger partial charge < -0.3 is 23.4 Å². The zero-order valence-corrected chi connectivity index (χ0v) is 29.2. The van der Waals surface area contributed by atoms with Crippen molar-refractivity contribution in [2.24, 2.45) is 11.8 Å². The van der Waals surface area contributed by atoms with Gasteiger partial charge in [-0.15, -0.1) is 0 Å². The van der Waals surface area contributed by atoms with Crippen molar-refractivity contribution in [3.63, 3.8) is 0 Å². The first-order chi connectivity index (χ1) is 22.5. The molecule has 8 nitrogen and oxygen atoms in total. The number of rotatable bonds is 11. The van der Waals surface area contributed by atoms with E-state index in [1.54, 1.807) is 7.11 Å².